The van der Waals surface area contributed by atoms with Gasteiger partial charge in [-0.1, -0.05) is 42.5 Å². The second kappa shape index (κ2) is 4.67. The van der Waals surface area contributed by atoms with Crippen LogP contribution in [-0.2, 0) is 13.2 Å². The average Bonchev–Trinajstić information content (AvgIpc) is 2.87. The van der Waals surface area contributed by atoms with Crippen LogP contribution in [0.4, 0.5) is 0 Å². The number of benzene rings is 2. The lowest BCUT2D eigenvalue weighted by Crippen LogP contribution is -1.97. The van der Waals surface area contributed by atoms with Crippen LogP contribution < -0.4 is 0 Å². The van der Waals surface area contributed by atoms with Crippen LogP contribution in [0.15, 0.2) is 60.9 Å². The molecule has 0 saturated carbocycles. The minimum Gasteiger partial charge on any atom is -0.392 e. The molecule has 18 heavy (non-hydrogen) atoms. The SMILES string of the molecule is OCc1ccn(Cc2cccc3ccccc23)c1. The van der Waals surface area contributed by atoms with Gasteiger partial charge in [-0.3, -0.25) is 0 Å². The fourth-order valence-corrected chi connectivity index (χ4v) is 2.31. The van der Waals surface area contributed by atoms with E-state index in [1.54, 1.807) is 0 Å². The van der Waals surface area contributed by atoms with Crippen LogP contribution in [0.1, 0.15) is 11.1 Å². The zero-order valence-electron chi connectivity index (χ0n) is 10.1. The Hall–Kier alpha value is -2.06. The minimum absolute atomic E-state index is 0.0997. The highest BCUT2D eigenvalue weighted by Crippen LogP contribution is 2.19. The number of nitrogens with zero attached hydrogens (tertiary/aromatic N) is 1. The molecule has 2 nitrogen and oxygen atoms in total. The zero-order chi connectivity index (χ0) is 12.4. The summed E-state index contributed by atoms with van der Waals surface area (Å²) in [4.78, 5) is 0. The third-order valence-corrected chi connectivity index (χ3v) is 3.23. The van der Waals surface area contributed by atoms with Gasteiger partial charge in [-0.05, 0) is 28.0 Å². The quantitative estimate of drug-likeness (QED) is 0.743. The smallest absolute Gasteiger partial charge is 0.0696 e. The number of rotatable bonds is 3. The van der Waals surface area contributed by atoms with Gasteiger partial charge < -0.3 is 9.67 Å². The van der Waals surface area contributed by atoms with Crippen LogP contribution in [0.2, 0.25) is 0 Å². The molecule has 1 N–H and O–H groups in total. The Kier molecular flexibility index (Phi) is 2.87. The molecule has 0 aliphatic carbocycles. The van der Waals surface area contributed by atoms with Crippen LogP contribution in [0.25, 0.3) is 10.8 Å². The maximum absolute atomic E-state index is 9.08. The van der Waals surface area contributed by atoms with Crippen molar-refractivity contribution in [2.24, 2.45) is 0 Å². The van der Waals surface area contributed by atoms with E-state index in [9.17, 15) is 0 Å². The predicted molar refractivity (Wildman–Crippen MR) is 73.4 cm³/mol. The Morgan fingerprint density at radius 2 is 1.78 bits per heavy atom. The molecule has 0 unspecified atom stereocenters. The van der Waals surface area contributed by atoms with Gasteiger partial charge in [0.05, 0.1) is 6.61 Å². The Labute approximate surface area is 106 Å². The molecule has 0 radical (unpaired) electrons. The molecule has 0 aliphatic heterocycles. The average molecular weight is 237 g/mol. The molecule has 0 fully saturated rings. The molecule has 3 rings (SSSR count). The number of aliphatic hydroxyl groups excluding tert-OH is 1. The maximum atomic E-state index is 9.08. The van der Waals surface area contributed by atoms with Crippen molar-refractivity contribution in [3.8, 4) is 0 Å². The fraction of sp³-hybridized carbons (Fsp3) is 0.125. The van der Waals surface area contributed by atoms with Crippen LogP contribution in [0.5, 0.6) is 0 Å². The molecular weight excluding hydrogens is 222 g/mol. The van der Waals surface area contributed by atoms with Crippen molar-refractivity contribution in [2.75, 3.05) is 0 Å². The highest BCUT2D eigenvalue weighted by molar-refractivity contribution is 5.85. The highest BCUT2D eigenvalue weighted by atomic mass is 16.3. The van der Waals surface area contributed by atoms with Gasteiger partial charge in [-0.2, -0.15) is 0 Å². The zero-order valence-corrected chi connectivity index (χ0v) is 10.1. The Bertz CT molecular complexity index is 664. The third-order valence-electron chi connectivity index (χ3n) is 3.23. The fourth-order valence-electron chi connectivity index (χ4n) is 2.31. The normalized spacial score (nSPS) is 10.9. The molecule has 0 saturated heterocycles. The van der Waals surface area contributed by atoms with Crippen LogP contribution in [0, 0.1) is 0 Å². The topological polar surface area (TPSA) is 25.2 Å². The Morgan fingerprint density at radius 3 is 2.61 bits per heavy atom. The lowest BCUT2D eigenvalue weighted by atomic mass is 10.0. The number of aliphatic hydroxyl groups is 1. The largest absolute Gasteiger partial charge is 0.392 e. The summed E-state index contributed by atoms with van der Waals surface area (Å²) in [6, 6.07) is 16.7. The van der Waals surface area contributed by atoms with Gasteiger partial charge in [0.2, 0.25) is 0 Å². The summed E-state index contributed by atoms with van der Waals surface area (Å²) in [5, 5.41) is 11.6. The predicted octanol–water partition coefficient (Wildman–Crippen LogP) is 3.18. The van der Waals surface area contributed by atoms with Gasteiger partial charge >= 0.3 is 0 Å². The summed E-state index contributed by atoms with van der Waals surface area (Å²) >= 11 is 0. The number of hydrogen-bond acceptors (Lipinski definition) is 1. The lowest BCUT2D eigenvalue weighted by Gasteiger charge is -2.07. The highest BCUT2D eigenvalue weighted by Gasteiger charge is 2.01. The molecule has 90 valence electrons. The summed E-state index contributed by atoms with van der Waals surface area (Å²) in [6.45, 7) is 0.934. The molecule has 0 bridgehead atoms. The van der Waals surface area contributed by atoms with Crippen molar-refractivity contribution >= 4 is 10.8 Å². The summed E-state index contributed by atoms with van der Waals surface area (Å²) in [6.07, 6.45) is 4.00. The van der Waals surface area contributed by atoms with E-state index < -0.39 is 0 Å². The van der Waals surface area contributed by atoms with Crippen molar-refractivity contribution in [2.45, 2.75) is 13.2 Å². The maximum Gasteiger partial charge on any atom is 0.0696 e. The van der Waals surface area contributed by atoms with E-state index in [0.29, 0.717) is 0 Å². The molecule has 0 aliphatic rings. The standard InChI is InChI=1S/C16H15NO/c18-12-13-8-9-17(10-13)11-15-6-3-5-14-4-1-2-7-16(14)15/h1-10,18H,11-12H2. The Balaban J connectivity index is 1.99. The molecule has 2 aromatic carbocycles. The molecule has 3 aromatic rings. The first-order valence-electron chi connectivity index (χ1n) is 6.09. The number of fused-ring (bicyclic) bond motifs is 1. The van der Waals surface area contributed by atoms with Crippen molar-refractivity contribution in [1.82, 2.24) is 4.57 Å². The van der Waals surface area contributed by atoms with Gasteiger partial charge in [0.15, 0.2) is 0 Å². The van der Waals surface area contributed by atoms with E-state index in [4.69, 9.17) is 5.11 Å². The molecule has 1 aromatic heterocycles. The van der Waals surface area contributed by atoms with Gasteiger partial charge in [0.25, 0.3) is 0 Å². The van der Waals surface area contributed by atoms with Gasteiger partial charge in [0.1, 0.15) is 0 Å². The number of aromatic nitrogens is 1. The van der Waals surface area contributed by atoms with E-state index in [1.165, 1.54) is 16.3 Å². The number of hydrogen-bond donors (Lipinski definition) is 1. The first kappa shape index (κ1) is 11.1. The summed E-state index contributed by atoms with van der Waals surface area (Å²) in [7, 11) is 0. The summed E-state index contributed by atoms with van der Waals surface area (Å²) < 4.78 is 2.10. The van der Waals surface area contributed by atoms with Gasteiger partial charge in [0, 0.05) is 18.9 Å². The summed E-state index contributed by atoms with van der Waals surface area (Å²) in [5.41, 5.74) is 2.25. The monoisotopic (exact) mass is 237 g/mol. The van der Waals surface area contributed by atoms with Gasteiger partial charge in [-0.15, -0.1) is 0 Å². The molecule has 2 heteroatoms. The van der Waals surface area contributed by atoms with Crippen LogP contribution in [-0.4, -0.2) is 9.67 Å². The van der Waals surface area contributed by atoms with E-state index in [1.807, 2.05) is 18.5 Å². The minimum atomic E-state index is 0.0997. The van der Waals surface area contributed by atoms with Gasteiger partial charge in [-0.25, -0.2) is 0 Å². The van der Waals surface area contributed by atoms with Crippen molar-refractivity contribution in [3.63, 3.8) is 0 Å². The molecule has 0 amide bonds. The van der Waals surface area contributed by atoms with E-state index in [0.717, 1.165) is 12.1 Å². The molecule has 0 spiro atoms. The molecular formula is C16H15NO. The van der Waals surface area contributed by atoms with E-state index in [2.05, 4.69) is 47.0 Å². The van der Waals surface area contributed by atoms with Crippen molar-refractivity contribution in [1.29, 1.82) is 0 Å². The second-order valence-corrected chi connectivity index (χ2v) is 4.49. The lowest BCUT2D eigenvalue weighted by molar-refractivity contribution is 0.282. The first-order valence-corrected chi connectivity index (χ1v) is 6.09. The first-order chi connectivity index (χ1) is 8.86. The van der Waals surface area contributed by atoms with Crippen LogP contribution in [0.3, 0.4) is 0 Å². The van der Waals surface area contributed by atoms with E-state index in [-0.39, 0.29) is 6.61 Å². The summed E-state index contributed by atoms with van der Waals surface area (Å²) in [5.74, 6) is 0. The van der Waals surface area contributed by atoms with Crippen molar-refractivity contribution < 1.29 is 5.11 Å². The molecule has 1 heterocycles. The third kappa shape index (κ3) is 2.03. The second-order valence-electron chi connectivity index (χ2n) is 4.49. The van der Waals surface area contributed by atoms with E-state index >= 15 is 0 Å². The Morgan fingerprint density at radius 1 is 0.944 bits per heavy atom. The van der Waals surface area contributed by atoms with Crippen LogP contribution >= 0.6 is 0 Å². The van der Waals surface area contributed by atoms with Crippen molar-refractivity contribution in [3.05, 3.63) is 72.1 Å². The molecule has 0 atom stereocenters.